The van der Waals surface area contributed by atoms with Gasteiger partial charge in [0.05, 0.1) is 16.6 Å². The molecule has 0 aliphatic carbocycles. The van der Waals surface area contributed by atoms with Crippen LogP contribution in [-0.4, -0.2) is 9.13 Å². The summed E-state index contributed by atoms with van der Waals surface area (Å²) in [6, 6.07) is 60.5. The lowest BCUT2D eigenvalue weighted by Gasteiger charge is -2.09. The molecule has 0 radical (unpaired) electrons. The quantitative estimate of drug-likeness (QED) is 0.197. The molecule has 0 spiro atoms. The number of aromatic nitrogens is 2. The molecule has 7 aromatic carbocycles. The predicted molar refractivity (Wildman–Crippen MR) is 196 cm³/mol. The van der Waals surface area contributed by atoms with E-state index in [0.717, 1.165) is 49.8 Å². The van der Waals surface area contributed by atoms with Crippen LogP contribution in [0, 0.1) is 0 Å². The van der Waals surface area contributed by atoms with Crippen LogP contribution in [0.5, 0.6) is 0 Å². The number of fused-ring (bicyclic) bond motifs is 8. The molecule has 0 bridgehead atoms. The first-order valence-corrected chi connectivity index (χ1v) is 16.0. The minimum Gasteiger partial charge on any atom is -0.453 e. The van der Waals surface area contributed by atoms with E-state index in [1.54, 1.807) is 0 Å². The lowest BCUT2D eigenvalue weighted by atomic mass is 9.98. The first-order chi connectivity index (χ1) is 23.3. The van der Waals surface area contributed by atoms with Crippen molar-refractivity contribution in [2.75, 3.05) is 0 Å². The van der Waals surface area contributed by atoms with Crippen molar-refractivity contribution < 1.29 is 4.42 Å². The van der Waals surface area contributed by atoms with Gasteiger partial charge in [-0.3, -0.25) is 0 Å². The number of furan rings is 1. The summed E-state index contributed by atoms with van der Waals surface area (Å²) in [5.41, 5.74) is 13.4. The largest absolute Gasteiger partial charge is 0.453 e. The van der Waals surface area contributed by atoms with Crippen LogP contribution in [0.2, 0.25) is 0 Å². The topological polar surface area (TPSA) is 23.0 Å². The zero-order valence-electron chi connectivity index (χ0n) is 25.5. The van der Waals surface area contributed by atoms with Crippen molar-refractivity contribution in [3.8, 4) is 33.6 Å². The summed E-state index contributed by atoms with van der Waals surface area (Å²) < 4.78 is 11.5. The molecular weight excluding hydrogens is 572 g/mol. The highest BCUT2D eigenvalue weighted by Crippen LogP contribution is 2.42. The molecule has 0 unspecified atom stereocenters. The van der Waals surface area contributed by atoms with Gasteiger partial charge < -0.3 is 13.6 Å². The van der Waals surface area contributed by atoms with Gasteiger partial charge in [-0.05, 0) is 77.4 Å². The van der Waals surface area contributed by atoms with Gasteiger partial charge >= 0.3 is 0 Å². The van der Waals surface area contributed by atoms with Gasteiger partial charge in [0, 0.05) is 38.5 Å². The zero-order chi connectivity index (χ0) is 30.9. The lowest BCUT2D eigenvalue weighted by molar-refractivity contribution is 0.674. The molecule has 0 N–H and O–H groups in total. The van der Waals surface area contributed by atoms with Crippen LogP contribution < -0.4 is 0 Å². The van der Waals surface area contributed by atoms with Crippen molar-refractivity contribution in [1.29, 1.82) is 0 Å². The fraction of sp³-hybridized carbons (Fsp3) is 0. The van der Waals surface area contributed by atoms with Crippen molar-refractivity contribution >= 4 is 54.8 Å². The van der Waals surface area contributed by atoms with Gasteiger partial charge in [-0.15, -0.1) is 0 Å². The molecule has 3 heterocycles. The van der Waals surface area contributed by atoms with Crippen LogP contribution in [0.4, 0.5) is 0 Å². The van der Waals surface area contributed by atoms with Gasteiger partial charge in [0.1, 0.15) is 11.1 Å². The first kappa shape index (κ1) is 26.0. The summed E-state index contributed by atoms with van der Waals surface area (Å²) in [7, 11) is 0. The Bertz CT molecular complexity index is 2760. The average molecular weight is 601 g/mol. The van der Waals surface area contributed by atoms with E-state index in [2.05, 4.69) is 179 Å². The standard InChI is InChI=1S/C44H28N2O/c1-3-12-32(13-4-1)45-39-20-9-7-16-35(39)38-28-31(26-27-41(38)45)29-22-24-30(25-23-29)34-18-11-19-37-42-44(47-43(34)37)36-17-8-10-21-40(36)46(42)33-14-5-2-6-15-33/h1-28H. The Hall–Kier alpha value is -6.32. The van der Waals surface area contributed by atoms with Gasteiger partial charge in [-0.1, -0.05) is 109 Å². The van der Waals surface area contributed by atoms with Crippen molar-refractivity contribution in [2.45, 2.75) is 0 Å². The van der Waals surface area contributed by atoms with E-state index in [0.29, 0.717) is 0 Å². The molecule has 10 rings (SSSR count). The molecule has 0 aliphatic rings. The highest BCUT2D eigenvalue weighted by Gasteiger charge is 2.21. The molecule has 3 nitrogen and oxygen atoms in total. The maximum Gasteiger partial charge on any atom is 0.161 e. The number of benzene rings is 7. The van der Waals surface area contributed by atoms with Gasteiger partial charge in [-0.25, -0.2) is 0 Å². The average Bonchev–Trinajstić information content (AvgIpc) is 3.79. The van der Waals surface area contributed by atoms with Gasteiger partial charge in [0.2, 0.25) is 0 Å². The Morgan fingerprint density at radius 1 is 0.340 bits per heavy atom. The lowest BCUT2D eigenvalue weighted by Crippen LogP contribution is -1.93. The van der Waals surface area contributed by atoms with Crippen LogP contribution in [0.1, 0.15) is 0 Å². The van der Waals surface area contributed by atoms with Crippen LogP contribution >= 0.6 is 0 Å². The number of nitrogens with zero attached hydrogens (tertiary/aromatic N) is 2. The van der Waals surface area contributed by atoms with E-state index in [9.17, 15) is 0 Å². The second-order valence-electron chi connectivity index (χ2n) is 12.1. The first-order valence-electron chi connectivity index (χ1n) is 16.0. The number of rotatable bonds is 4. The summed E-state index contributed by atoms with van der Waals surface area (Å²) in [6.45, 7) is 0. The summed E-state index contributed by atoms with van der Waals surface area (Å²) in [4.78, 5) is 0. The Labute approximate surface area is 271 Å². The summed E-state index contributed by atoms with van der Waals surface area (Å²) in [5, 5.41) is 4.74. The molecule has 0 fully saturated rings. The molecule has 0 atom stereocenters. The van der Waals surface area contributed by atoms with Crippen LogP contribution in [-0.2, 0) is 0 Å². The van der Waals surface area contributed by atoms with Gasteiger partial charge in [-0.2, -0.15) is 0 Å². The third-order valence-electron chi connectivity index (χ3n) is 9.53. The van der Waals surface area contributed by atoms with Crippen molar-refractivity contribution in [2.24, 2.45) is 0 Å². The van der Waals surface area contributed by atoms with E-state index in [4.69, 9.17) is 4.42 Å². The van der Waals surface area contributed by atoms with Gasteiger partial charge in [0.25, 0.3) is 0 Å². The van der Waals surface area contributed by atoms with Gasteiger partial charge in [0.15, 0.2) is 5.58 Å². The molecule has 0 amide bonds. The van der Waals surface area contributed by atoms with Crippen molar-refractivity contribution in [1.82, 2.24) is 9.13 Å². The maximum absolute atomic E-state index is 6.77. The zero-order valence-corrected chi connectivity index (χ0v) is 25.5. The second kappa shape index (κ2) is 10.1. The summed E-state index contributed by atoms with van der Waals surface area (Å²) >= 11 is 0. The maximum atomic E-state index is 6.77. The molecule has 10 aromatic rings. The van der Waals surface area contributed by atoms with E-state index in [1.807, 2.05) is 0 Å². The highest BCUT2D eigenvalue weighted by molar-refractivity contribution is 6.18. The number of para-hydroxylation sites is 5. The van der Waals surface area contributed by atoms with E-state index in [-0.39, 0.29) is 0 Å². The summed E-state index contributed by atoms with van der Waals surface area (Å²) in [6.07, 6.45) is 0. The number of hydrogen-bond acceptors (Lipinski definition) is 1. The SMILES string of the molecule is c1ccc(-n2c3ccccc3c3cc(-c4ccc(-c5cccc6c5oc5c7ccccc7n(-c7ccccc7)c65)cc4)ccc32)cc1. The van der Waals surface area contributed by atoms with Crippen molar-refractivity contribution in [3.05, 3.63) is 170 Å². The molecular formula is C44H28N2O. The van der Waals surface area contributed by atoms with E-state index >= 15 is 0 Å². The molecule has 0 saturated heterocycles. The Balaban J connectivity index is 1.10. The molecule has 220 valence electrons. The minimum atomic E-state index is 0.913. The smallest absolute Gasteiger partial charge is 0.161 e. The van der Waals surface area contributed by atoms with E-state index < -0.39 is 0 Å². The van der Waals surface area contributed by atoms with E-state index in [1.165, 1.54) is 38.6 Å². The predicted octanol–water partition coefficient (Wildman–Crippen LogP) is 12.0. The minimum absolute atomic E-state index is 0.913. The third-order valence-corrected chi connectivity index (χ3v) is 9.53. The monoisotopic (exact) mass is 600 g/mol. The Morgan fingerprint density at radius 3 is 1.64 bits per heavy atom. The molecule has 3 aromatic heterocycles. The molecule has 0 aliphatic heterocycles. The number of hydrogen-bond donors (Lipinski definition) is 0. The fourth-order valence-electron chi connectivity index (χ4n) is 7.41. The Morgan fingerprint density at radius 2 is 0.894 bits per heavy atom. The van der Waals surface area contributed by atoms with Crippen LogP contribution in [0.3, 0.4) is 0 Å². The fourth-order valence-corrected chi connectivity index (χ4v) is 7.41. The Kier molecular flexibility index (Phi) is 5.57. The summed E-state index contributed by atoms with van der Waals surface area (Å²) in [5.74, 6) is 0. The second-order valence-corrected chi connectivity index (χ2v) is 12.1. The van der Waals surface area contributed by atoms with Crippen LogP contribution in [0.25, 0.3) is 88.4 Å². The van der Waals surface area contributed by atoms with Crippen molar-refractivity contribution in [3.63, 3.8) is 0 Å². The normalized spacial score (nSPS) is 11.8. The molecule has 0 saturated carbocycles. The molecule has 47 heavy (non-hydrogen) atoms. The molecule has 3 heteroatoms. The third kappa shape index (κ3) is 3.87. The highest BCUT2D eigenvalue weighted by atomic mass is 16.3. The van der Waals surface area contributed by atoms with Crippen LogP contribution in [0.15, 0.2) is 174 Å².